The van der Waals surface area contributed by atoms with Crippen LogP contribution in [0, 0.1) is 11.6 Å². The second-order valence-electron chi connectivity index (χ2n) is 8.07. The van der Waals surface area contributed by atoms with Gasteiger partial charge in [0.25, 0.3) is 0 Å². The van der Waals surface area contributed by atoms with Crippen molar-refractivity contribution in [3.63, 3.8) is 0 Å². The third-order valence-corrected chi connectivity index (χ3v) is 9.33. The Hall–Kier alpha value is -2.26. The number of halogens is 2. The normalized spacial score (nSPS) is 15.6. The van der Waals surface area contributed by atoms with Crippen molar-refractivity contribution in [1.82, 2.24) is 0 Å². The fraction of sp³-hybridized carbons (Fsp3) is 0.308. The second kappa shape index (κ2) is 9.04. The van der Waals surface area contributed by atoms with E-state index in [1.807, 2.05) is 6.07 Å². The highest BCUT2D eigenvalue weighted by atomic mass is 28.3. The lowest BCUT2D eigenvalue weighted by molar-refractivity contribution is 0.606. The Morgan fingerprint density at radius 1 is 0.828 bits per heavy atom. The lowest BCUT2D eigenvalue weighted by Gasteiger charge is -2.27. The van der Waals surface area contributed by atoms with Crippen molar-refractivity contribution in [2.75, 3.05) is 0 Å². The van der Waals surface area contributed by atoms with Crippen LogP contribution in [0.25, 0.3) is 22.3 Å². The van der Waals surface area contributed by atoms with Crippen molar-refractivity contribution < 1.29 is 8.78 Å². The summed E-state index contributed by atoms with van der Waals surface area (Å²) in [6, 6.07) is 24.2. The number of hydrogen-bond acceptors (Lipinski definition) is 0. The quantitative estimate of drug-likeness (QED) is 0.376. The molecule has 29 heavy (non-hydrogen) atoms. The fourth-order valence-corrected chi connectivity index (χ4v) is 7.54. The number of benzene rings is 3. The predicted octanol–water partition coefficient (Wildman–Crippen LogP) is 8.08. The summed E-state index contributed by atoms with van der Waals surface area (Å²) in [6.45, 7) is 2.30. The van der Waals surface area contributed by atoms with Gasteiger partial charge in [0.2, 0.25) is 0 Å². The van der Waals surface area contributed by atoms with E-state index >= 15 is 0 Å². The van der Waals surface area contributed by atoms with Gasteiger partial charge in [-0.05, 0) is 59.2 Å². The van der Waals surface area contributed by atoms with Crippen molar-refractivity contribution in [1.29, 1.82) is 0 Å². The van der Waals surface area contributed by atoms with Gasteiger partial charge in [0.15, 0.2) is 0 Å². The van der Waals surface area contributed by atoms with Gasteiger partial charge in [-0.1, -0.05) is 80.0 Å². The van der Waals surface area contributed by atoms with Crippen LogP contribution in [-0.2, 0) is 0 Å². The van der Waals surface area contributed by atoms with Crippen molar-refractivity contribution in [2.24, 2.45) is 0 Å². The summed E-state index contributed by atoms with van der Waals surface area (Å²) >= 11 is 0. The zero-order valence-corrected chi connectivity index (χ0v) is 17.9. The first-order chi connectivity index (χ1) is 14.2. The molecular formula is C26H27F2Si. The van der Waals surface area contributed by atoms with E-state index in [2.05, 4.69) is 31.2 Å². The summed E-state index contributed by atoms with van der Waals surface area (Å²) in [7, 11) is -0.101. The lowest BCUT2D eigenvalue weighted by atomic mass is 9.90. The van der Waals surface area contributed by atoms with Crippen LogP contribution >= 0.6 is 0 Å². The Balaban J connectivity index is 1.59. The second-order valence-corrected chi connectivity index (χ2v) is 11.1. The Bertz CT molecular complexity index is 939. The zero-order chi connectivity index (χ0) is 20.2. The first-order valence-electron chi connectivity index (χ1n) is 10.6. The van der Waals surface area contributed by atoms with Crippen LogP contribution in [0.5, 0.6) is 0 Å². The van der Waals surface area contributed by atoms with Crippen molar-refractivity contribution in [3.05, 3.63) is 83.9 Å². The average Bonchev–Trinajstić information content (AvgIpc) is 2.75. The molecule has 3 heteroatoms. The first-order valence-corrected chi connectivity index (χ1v) is 12.8. The van der Waals surface area contributed by atoms with Crippen molar-refractivity contribution in [2.45, 2.75) is 50.2 Å². The van der Waals surface area contributed by atoms with E-state index < -0.39 is 0 Å². The largest absolute Gasteiger partial charge is 0.207 e. The maximum absolute atomic E-state index is 14.7. The van der Waals surface area contributed by atoms with E-state index in [4.69, 9.17) is 0 Å². The molecule has 0 amide bonds. The molecule has 0 spiro atoms. The van der Waals surface area contributed by atoms with Gasteiger partial charge in [-0.25, -0.2) is 8.78 Å². The highest BCUT2D eigenvalue weighted by Gasteiger charge is 2.23. The van der Waals surface area contributed by atoms with Gasteiger partial charge >= 0.3 is 0 Å². The van der Waals surface area contributed by atoms with Gasteiger partial charge in [0.05, 0.1) is 0 Å². The molecule has 0 N–H and O–H groups in total. The maximum Gasteiger partial charge on any atom is 0.131 e. The van der Waals surface area contributed by atoms with Crippen LogP contribution in [0.3, 0.4) is 0 Å². The van der Waals surface area contributed by atoms with Gasteiger partial charge in [0.1, 0.15) is 11.6 Å². The Kier molecular flexibility index (Phi) is 6.24. The summed E-state index contributed by atoms with van der Waals surface area (Å²) in [4.78, 5) is 0. The minimum Gasteiger partial charge on any atom is -0.207 e. The zero-order valence-electron chi connectivity index (χ0n) is 16.9. The molecule has 1 aliphatic heterocycles. The minimum absolute atomic E-state index is 0.101. The summed E-state index contributed by atoms with van der Waals surface area (Å²) in [6.07, 6.45) is 3.96. The standard InChI is InChI=1S/C26H27F2Si/c1-2-16-29-17-14-20(15-18-29)19-6-8-21(9-7-19)24-4-3-5-25(28)26(24)22-10-12-23(27)13-11-22/h3-13,20H,2,14-18H2,1H3. The summed E-state index contributed by atoms with van der Waals surface area (Å²) in [5, 5.41) is 0. The number of rotatable bonds is 5. The summed E-state index contributed by atoms with van der Waals surface area (Å²) in [5.41, 5.74) is 4.48. The van der Waals surface area contributed by atoms with Crippen LogP contribution in [-0.4, -0.2) is 8.80 Å². The van der Waals surface area contributed by atoms with Crippen LogP contribution in [0.15, 0.2) is 66.7 Å². The smallest absolute Gasteiger partial charge is 0.131 e. The summed E-state index contributed by atoms with van der Waals surface area (Å²) < 4.78 is 28.0. The molecule has 0 unspecified atom stereocenters. The maximum atomic E-state index is 14.7. The van der Waals surface area contributed by atoms with E-state index in [0.717, 1.165) is 11.1 Å². The van der Waals surface area contributed by atoms with Gasteiger partial charge in [0, 0.05) is 14.4 Å². The summed E-state index contributed by atoms with van der Waals surface area (Å²) in [5.74, 6) is 0.0710. The van der Waals surface area contributed by atoms with E-state index in [1.165, 1.54) is 61.2 Å². The lowest BCUT2D eigenvalue weighted by Crippen LogP contribution is -2.19. The molecule has 1 radical (unpaired) electrons. The molecule has 0 saturated carbocycles. The highest BCUT2D eigenvalue weighted by Crippen LogP contribution is 2.38. The molecule has 3 aromatic rings. The van der Waals surface area contributed by atoms with Gasteiger partial charge in [-0.15, -0.1) is 0 Å². The van der Waals surface area contributed by atoms with Gasteiger partial charge in [-0.2, -0.15) is 0 Å². The van der Waals surface area contributed by atoms with Crippen molar-refractivity contribution in [3.8, 4) is 22.3 Å². The predicted molar refractivity (Wildman–Crippen MR) is 120 cm³/mol. The van der Waals surface area contributed by atoms with Crippen LogP contribution < -0.4 is 0 Å². The van der Waals surface area contributed by atoms with E-state index in [0.29, 0.717) is 17.0 Å². The topological polar surface area (TPSA) is 0 Å². The third kappa shape index (κ3) is 4.50. The average molecular weight is 406 g/mol. The molecule has 4 rings (SSSR count). The van der Waals surface area contributed by atoms with Crippen LogP contribution in [0.2, 0.25) is 18.1 Å². The molecule has 1 fully saturated rings. The molecule has 1 heterocycles. The molecule has 0 aromatic heterocycles. The molecule has 1 aliphatic rings. The van der Waals surface area contributed by atoms with Crippen LogP contribution in [0.1, 0.15) is 37.7 Å². The van der Waals surface area contributed by atoms with E-state index in [1.54, 1.807) is 18.2 Å². The molecule has 149 valence electrons. The van der Waals surface area contributed by atoms with Gasteiger partial charge < -0.3 is 0 Å². The first kappa shape index (κ1) is 20.0. The molecule has 3 aromatic carbocycles. The van der Waals surface area contributed by atoms with E-state index in [9.17, 15) is 8.78 Å². The monoisotopic (exact) mass is 405 g/mol. The van der Waals surface area contributed by atoms with Gasteiger partial charge in [-0.3, -0.25) is 0 Å². The third-order valence-electron chi connectivity index (χ3n) is 6.14. The van der Waals surface area contributed by atoms with E-state index in [-0.39, 0.29) is 20.4 Å². The highest BCUT2D eigenvalue weighted by molar-refractivity contribution is 6.59. The molecule has 0 atom stereocenters. The molecule has 0 nitrogen and oxygen atoms in total. The van der Waals surface area contributed by atoms with Crippen LogP contribution in [0.4, 0.5) is 8.78 Å². The molecule has 0 aliphatic carbocycles. The Morgan fingerprint density at radius 3 is 2.14 bits per heavy atom. The molecular weight excluding hydrogens is 378 g/mol. The number of hydrogen-bond donors (Lipinski definition) is 0. The SMILES string of the molecule is CCC[Si]1CCC(c2ccc(-c3cccc(F)c3-c3ccc(F)cc3)cc2)CC1. The molecule has 0 bridgehead atoms. The minimum atomic E-state index is -0.313. The fourth-order valence-electron chi connectivity index (χ4n) is 4.57. The van der Waals surface area contributed by atoms with Crippen molar-refractivity contribution >= 4 is 8.80 Å². The Labute approximate surface area is 174 Å². The Morgan fingerprint density at radius 2 is 1.48 bits per heavy atom. The molecule has 1 saturated heterocycles.